The van der Waals surface area contributed by atoms with E-state index in [2.05, 4.69) is 20.1 Å². The fourth-order valence-electron chi connectivity index (χ4n) is 2.54. The average Bonchev–Trinajstić information content (AvgIpc) is 2.56. The second-order valence-corrected chi connectivity index (χ2v) is 5.12. The number of halogens is 2. The Hall–Kier alpha value is -1.09. The van der Waals surface area contributed by atoms with Gasteiger partial charge in [0.05, 0.1) is 6.61 Å². The predicted octanol–water partition coefficient (Wildman–Crippen LogP) is 2.18. The van der Waals surface area contributed by atoms with Gasteiger partial charge in [-0.2, -0.15) is 0 Å². The van der Waals surface area contributed by atoms with Gasteiger partial charge in [0, 0.05) is 52.1 Å². The van der Waals surface area contributed by atoms with Crippen LogP contribution in [-0.4, -0.2) is 63.8 Å². The molecule has 1 aromatic rings. The molecule has 0 amide bonds. The van der Waals surface area contributed by atoms with Crippen LogP contribution in [-0.2, 0) is 4.74 Å². The number of benzene rings is 1. The highest BCUT2D eigenvalue weighted by molar-refractivity contribution is 14.0. The van der Waals surface area contributed by atoms with E-state index in [0.29, 0.717) is 6.61 Å². The first-order valence-electron chi connectivity index (χ1n) is 7.78. The predicted molar refractivity (Wildman–Crippen MR) is 103 cm³/mol. The summed E-state index contributed by atoms with van der Waals surface area (Å²) in [7, 11) is 1.80. The number of nitrogens with zero attached hydrogens (tertiary/aromatic N) is 3. The summed E-state index contributed by atoms with van der Waals surface area (Å²) in [5.41, 5.74) is 1.07. The number of nitrogens with one attached hydrogen (secondary N) is 1. The van der Waals surface area contributed by atoms with Crippen molar-refractivity contribution in [3.05, 3.63) is 30.1 Å². The maximum atomic E-state index is 13.0. The van der Waals surface area contributed by atoms with Gasteiger partial charge in [0.2, 0.25) is 0 Å². The van der Waals surface area contributed by atoms with Crippen molar-refractivity contribution in [2.45, 2.75) is 6.92 Å². The maximum absolute atomic E-state index is 13.0. The van der Waals surface area contributed by atoms with Crippen molar-refractivity contribution in [3.63, 3.8) is 0 Å². The molecule has 2 rings (SSSR count). The number of hydrogen-bond acceptors (Lipinski definition) is 3. The van der Waals surface area contributed by atoms with Crippen LogP contribution in [0.25, 0.3) is 0 Å². The molecule has 0 saturated carbocycles. The summed E-state index contributed by atoms with van der Waals surface area (Å²) in [4.78, 5) is 8.84. The van der Waals surface area contributed by atoms with Crippen LogP contribution in [0.4, 0.5) is 10.1 Å². The molecule has 1 N–H and O–H groups in total. The van der Waals surface area contributed by atoms with E-state index in [1.165, 1.54) is 12.1 Å². The molecule has 0 spiro atoms. The normalized spacial score (nSPS) is 15.3. The highest BCUT2D eigenvalue weighted by atomic mass is 127. The molecule has 1 aliphatic heterocycles. The van der Waals surface area contributed by atoms with Gasteiger partial charge in [-0.3, -0.25) is 4.99 Å². The largest absolute Gasteiger partial charge is 0.380 e. The monoisotopic (exact) mass is 436 g/mol. The SMILES string of the molecule is CCOCCNC(=NC)N1CCN(c2ccc(F)cc2)CC1.I. The topological polar surface area (TPSA) is 40.1 Å². The van der Waals surface area contributed by atoms with Crippen LogP contribution in [0.15, 0.2) is 29.3 Å². The lowest BCUT2D eigenvalue weighted by molar-refractivity contribution is 0.151. The van der Waals surface area contributed by atoms with Gasteiger partial charge in [-0.05, 0) is 31.2 Å². The van der Waals surface area contributed by atoms with E-state index >= 15 is 0 Å². The summed E-state index contributed by atoms with van der Waals surface area (Å²) in [6.45, 7) is 7.76. The van der Waals surface area contributed by atoms with Gasteiger partial charge >= 0.3 is 0 Å². The van der Waals surface area contributed by atoms with E-state index in [0.717, 1.165) is 51.0 Å². The van der Waals surface area contributed by atoms with Gasteiger partial charge < -0.3 is 19.9 Å². The first kappa shape index (κ1) is 20.0. The van der Waals surface area contributed by atoms with Crippen molar-refractivity contribution in [2.75, 3.05) is 57.9 Å². The summed E-state index contributed by atoms with van der Waals surface area (Å²) < 4.78 is 18.3. The van der Waals surface area contributed by atoms with Crippen LogP contribution >= 0.6 is 24.0 Å². The smallest absolute Gasteiger partial charge is 0.193 e. The highest BCUT2D eigenvalue weighted by Crippen LogP contribution is 2.16. The summed E-state index contributed by atoms with van der Waals surface area (Å²) >= 11 is 0. The van der Waals surface area contributed by atoms with Crippen molar-refractivity contribution in [1.29, 1.82) is 0 Å². The third-order valence-electron chi connectivity index (χ3n) is 3.72. The number of rotatable bonds is 5. The Morgan fingerprint density at radius 1 is 1.22 bits per heavy atom. The number of aliphatic imine (C=N–C) groups is 1. The van der Waals surface area contributed by atoms with Crippen molar-refractivity contribution in [2.24, 2.45) is 4.99 Å². The molecule has 0 radical (unpaired) electrons. The van der Waals surface area contributed by atoms with Gasteiger partial charge in [-0.15, -0.1) is 24.0 Å². The Kier molecular flexibility index (Phi) is 9.23. The zero-order chi connectivity index (χ0) is 15.8. The minimum atomic E-state index is -0.193. The van der Waals surface area contributed by atoms with Crippen LogP contribution < -0.4 is 10.2 Å². The molecule has 130 valence electrons. The number of piperazine rings is 1. The second-order valence-electron chi connectivity index (χ2n) is 5.12. The molecular formula is C16H26FIN4O. The van der Waals surface area contributed by atoms with Crippen LogP contribution in [0.2, 0.25) is 0 Å². The van der Waals surface area contributed by atoms with Crippen LogP contribution in [0.1, 0.15) is 6.92 Å². The zero-order valence-electron chi connectivity index (χ0n) is 13.8. The molecule has 1 saturated heterocycles. The number of anilines is 1. The highest BCUT2D eigenvalue weighted by Gasteiger charge is 2.19. The van der Waals surface area contributed by atoms with E-state index in [-0.39, 0.29) is 29.8 Å². The number of ether oxygens (including phenoxy) is 1. The van der Waals surface area contributed by atoms with Gasteiger partial charge in [0.25, 0.3) is 0 Å². The molecule has 7 heteroatoms. The van der Waals surface area contributed by atoms with E-state index < -0.39 is 0 Å². The molecule has 23 heavy (non-hydrogen) atoms. The van der Waals surface area contributed by atoms with Crippen LogP contribution in [0.5, 0.6) is 0 Å². The van der Waals surface area contributed by atoms with Gasteiger partial charge in [-0.25, -0.2) is 4.39 Å². The molecule has 1 aromatic carbocycles. The fourth-order valence-corrected chi connectivity index (χ4v) is 2.54. The Morgan fingerprint density at radius 3 is 2.43 bits per heavy atom. The first-order chi connectivity index (χ1) is 10.7. The van der Waals surface area contributed by atoms with Crippen molar-refractivity contribution in [3.8, 4) is 0 Å². The summed E-state index contributed by atoms with van der Waals surface area (Å²) in [6.07, 6.45) is 0. The van der Waals surface area contributed by atoms with Crippen LogP contribution in [0.3, 0.4) is 0 Å². The van der Waals surface area contributed by atoms with Crippen molar-refractivity contribution in [1.82, 2.24) is 10.2 Å². The summed E-state index contributed by atoms with van der Waals surface area (Å²) in [6, 6.07) is 6.69. The molecular weight excluding hydrogens is 410 g/mol. The Labute approximate surface area is 154 Å². The van der Waals surface area contributed by atoms with Crippen molar-refractivity contribution >= 4 is 35.6 Å². The Bertz CT molecular complexity index is 475. The quantitative estimate of drug-likeness (QED) is 0.333. The number of hydrogen-bond donors (Lipinski definition) is 1. The molecule has 1 heterocycles. The van der Waals surface area contributed by atoms with Gasteiger partial charge in [-0.1, -0.05) is 0 Å². The minimum absolute atomic E-state index is 0. The van der Waals surface area contributed by atoms with E-state index in [4.69, 9.17) is 4.74 Å². The average molecular weight is 436 g/mol. The molecule has 0 unspecified atom stereocenters. The molecule has 0 atom stereocenters. The van der Waals surface area contributed by atoms with Crippen LogP contribution in [0, 0.1) is 5.82 Å². The zero-order valence-corrected chi connectivity index (χ0v) is 16.1. The van der Waals surface area contributed by atoms with E-state index in [1.807, 2.05) is 19.1 Å². The Balaban J connectivity index is 0.00000264. The van der Waals surface area contributed by atoms with Crippen molar-refractivity contribution < 1.29 is 9.13 Å². The molecule has 0 bridgehead atoms. The number of guanidine groups is 1. The van der Waals surface area contributed by atoms with Gasteiger partial charge in [0.15, 0.2) is 5.96 Å². The summed E-state index contributed by atoms with van der Waals surface area (Å²) in [5.74, 6) is 0.722. The third-order valence-corrected chi connectivity index (χ3v) is 3.72. The minimum Gasteiger partial charge on any atom is -0.380 e. The Morgan fingerprint density at radius 2 is 1.87 bits per heavy atom. The lowest BCUT2D eigenvalue weighted by Crippen LogP contribution is -2.53. The fraction of sp³-hybridized carbons (Fsp3) is 0.562. The maximum Gasteiger partial charge on any atom is 0.193 e. The second kappa shape index (κ2) is 10.6. The lowest BCUT2D eigenvalue weighted by Gasteiger charge is -2.37. The standard InChI is InChI=1S/C16H25FN4O.HI/c1-3-22-13-8-19-16(18-2)21-11-9-20(10-12-21)15-6-4-14(17)5-7-15;/h4-7H,3,8-13H2,1-2H3,(H,18,19);1H. The summed E-state index contributed by atoms with van der Waals surface area (Å²) in [5, 5.41) is 3.32. The molecule has 1 fully saturated rings. The van der Waals surface area contributed by atoms with Gasteiger partial charge in [0.1, 0.15) is 5.82 Å². The van der Waals surface area contributed by atoms with E-state index in [9.17, 15) is 4.39 Å². The van der Waals surface area contributed by atoms with E-state index in [1.54, 1.807) is 7.05 Å². The third kappa shape index (κ3) is 6.14. The lowest BCUT2D eigenvalue weighted by atomic mass is 10.2. The first-order valence-corrected chi connectivity index (χ1v) is 7.78. The molecule has 1 aliphatic rings. The molecule has 5 nitrogen and oxygen atoms in total. The molecule has 0 aromatic heterocycles. The molecule has 0 aliphatic carbocycles.